The van der Waals surface area contributed by atoms with Crippen LogP contribution in [-0.2, 0) is 4.79 Å². The summed E-state index contributed by atoms with van der Waals surface area (Å²) in [4.78, 5) is 33.5. The Morgan fingerprint density at radius 3 is 2.74 bits per heavy atom. The van der Waals surface area contributed by atoms with Crippen molar-refractivity contribution in [1.82, 2.24) is 35.1 Å². The predicted octanol–water partition coefficient (Wildman–Crippen LogP) is 6.06. The monoisotopic (exact) mass is 520 g/mol. The van der Waals surface area contributed by atoms with Crippen LogP contribution in [0.4, 0.5) is 10.1 Å². The molecule has 0 atom stereocenters. The lowest BCUT2D eigenvalue weighted by atomic mass is 10.0. The summed E-state index contributed by atoms with van der Waals surface area (Å²) in [6, 6.07) is 10.5. The number of rotatable bonds is 6. The fraction of sp³-hybridized carbons (Fsp3) is 0.172. The first-order valence-electron chi connectivity index (χ1n) is 12.6. The zero-order chi connectivity index (χ0) is 27.1. The predicted molar refractivity (Wildman–Crippen MR) is 148 cm³/mol. The molecule has 0 aliphatic heterocycles. The number of H-pyrrole nitrogens is 2. The standard InChI is InChI=1S/C29H25FN8O/c1-15(2)6-25(39)34-20-10-18(12-31-13-20)23-11-22-24(14-33-23)37-38-27(22)29-35-26-21(4-5-32-28(26)36-29)17-7-16(3)8-19(30)9-17/h4-5,7-15H,6H2,1-3H3,(H,34,39)(H,37,38)(H,32,35,36). The first kappa shape index (κ1) is 24.4. The number of carbonyl (C=O) groups is 1. The molecule has 1 amide bonds. The number of nitrogens with zero attached hydrogens (tertiary/aromatic N) is 5. The Morgan fingerprint density at radius 1 is 1.05 bits per heavy atom. The van der Waals surface area contributed by atoms with Gasteiger partial charge in [-0.3, -0.25) is 19.9 Å². The average molecular weight is 521 g/mol. The molecule has 9 nitrogen and oxygen atoms in total. The molecule has 6 rings (SSSR count). The van der Waals surface area contributed by atoms with Gasteiger partial charge in [-0.15, -0.1) is 0 Å². The Balaban J connectivity index is 1.39. The first-order valence-corrected chi connectivity index (χ1v) is 12.6. The molecular weight excluding hydrogens is 495 g/mol. The van der Waals surface area contributed by atoms with Crippen molar-refractivity contribution in [3.63, 3.8) is 0 Å². The van der Waals surface area contributed by atoms with Crippen LogP contribution in [0.3, 0.4) is 0 Å². The van der Waals surface area contributed by atoms with Crippen LogP contribution in [0, 0.1) is 18.7 Å². The van der Waals surface area contributed by atoms with E-state index in [1.54, 1.807) is 24.8 Å². The summed E-state index contributed by atoms with van der Waals surface area (Å²) in [5.41, 5.74) is 6.92. The molecule has 5 heterocycles. The third kappa shape index (κ3) is 4.84. The molecule has 1 aromatic carbocycles. The molecule has 0 spiro atoms. The fourth-order valence-corrected chi connectivity index (χ4v) is 4.64. The highest BCUT2D eigenvalue weighted by atomic mass is 19.1. The zero-order valence-corrected chi connectivity index (χ0v) is 21.6. The molecule has 0 unspecified atom stereocenters. The number of anilines is 1. The van der Waals surface area contributed by atoms with Crippen LogP contribution in [0.1, 0.15) is 25.8 Å². The number of hydrogen-bond donors (Lipinski definition) is 3. The second kappa shape index (κ2) is 9.71. The van der Waals surface area contributed by atoms with E-state index in [0.717, 1.165) is 33.2 Å². The number of fused-ring (bicyclic) bond motifs is 2. The summed E-state index contributed by atoms with van der Waals surface area (Å²) >= 11 is 0. The Kier molecular flexibility index (Phi) is 6.07. The van der Waals surface area contributed by atoms with E-state index in [9.17, 15) is 9.18 Å². The van der Waals surface area contributed by atoms with Gasteiger partial charge in [-0.25, -0.2) is 14.4 Å². The third-order valence-electron chi connectivity index (χ3n) is 6.33. The lowest BCUT2D eigenvalue weighted by Crippen LogP contribution is -2.13. The third-order valence-corrected chi connectivity index (χ3v) is 6.33. The maximum absolute atomic E-state index is 14.1. The van der Waals surface area contributed by atoms with Crippen LogP contribution in [0.5, 0.6) is 0 Å². The van der Waals surface area contributed by atoms with Crippen LogP contribution < -0.4 is 5.32 Å². The van der Waals surface area contributed by atoms with Gasteiger partial charge in [0, 0.05) is 35.3 Å². The highest BCUT2D eigenvalue weighted by molar-refractivity contribution is 5.97. The van der Waals surface area contributed by atoms with E-state index in [1.165, 1.54) is 12.1 Å². The number of benzene rings is 1. The molecule has 6 aromatic rings. The van der Waals surface area contributed by atoms with E-state index in [4.69, 9.17) is 0 Å². The quantitative estimate of drug-likeness (QED) is 0.245. The summed E-state index contributed by atoms with van der Waals surface area (Å²) in [5, 5.41) is 11.2. The van der Waals surface area contributed by atoms with Gasteiger partial charge in [0.05, 0.1) is 34.8 Å². The summed E-state index contributed by atoms with van der Waals surface area (Å²) < 4.78 is 14.1. The smallest absolute Gasteiger partial charge is 0.224 e. The van der Waals surface area contributed by atoms with E-state index in [-0.39, 0.29) is 17.6 Å². The van der Waals surface area contributed by atoms with Gasteiger partial charge in [0.2, 0.25) is 5.91 Å². The van der Waals surface area contributed by atoms with Crippen molar-refractivity contribution >= 4 is 33.7 Å². The molecule has 0 saturated heterocycles. The fourth-order valence-electron chi connectivity index (χ4n) is 4.64. The van der Waals surface area contributed by atoms with E-state index < -0.39 is 0 Å². The van der Waals surface area contributed by atoms with Crippen molar-refractivity contribution in [2.24, 2.45) is 5.92 Å². The Morgan fingerprint density at radius 2 is 1.92 bits per heavy atom. The minimum atomic E-state index is -0.300. The van der Waals surface area contributed by atoms with E-state index in [0.29, 0.717) is 40.5 Å². The van der Waals surface area contributed by atoms with Crippen molar-refractivity contribution in [2.45, 2.75) is 27.2 Å². The molecule has 39 heavy (non-hydrogen) atoms. The molecule has 3 N–H and O–H groups in total. The summed E-state index contributed by atoms with van der Waals surface area (Å²) in [5.74, 6) is 0.420. The van der Waals surface area contributed by atoms with Crippen LogP contribution >= 0.6 is 0 Å². The second-order valence-corrected chi connectivity index (χ2v) is 9.96. The largest absolute Gasteiger partial charge is 0.335 e. The van der Waals surface area contributed by atoms with E-state index >= 15 is 0 Å². The van der Waals surface area contributed by atoms with Crippen molar-refractivity contribution in [3.8, 4) is 33.9 Å². The number of hydrogen-bond acceptors (Lipinski definition) is 6. The van der Waals surface area contributed by atoms with Crippen LogP contribution in [-0.4, -0.2) is 41.0 Å². The lowest BCUT2D eigenvalue weighted by molar-refractivity contribution is -0.116. The number of nitrogens with one attached hydrogen (secondary N) is 3. The zero-order valence-electron chi connectivity index (χ0n) is 21.6. The van der Waals surface area contributed by atoms with Gasteiger partial charge in [0.25, 0.3) is 0 Å². The molecular formula is C29H25FN8O. The van der Waals surface area contributed by atoms with Crippen LogP contribution in [0.2, 0.25) is 0 Å². The average Bonchev–Trinajstić information content (AvgIpc) is 3.51. The van der Waals surface area contributed by atoms with Crippen molar-refractivity contribution < 1.29 is 9.18 Å². The number of halogens is 1. The Hall–Kier alpha value is -4.99. The SMILES string of the molecule is Cc1cc(F)cc(-c2ccnc3nc(-c4n[nH]c5cnc(-c6cncc(NC(=O)CC(C)C)c6)cc45)[nH]c23)c1. The molecule has 5 aromatic heterocycles. The van der Waals surface area contributed by atoms with Gasteiger partial charge in [-0.1, -0.05) is 19.9 Å². The molecule has 0 aliphatic rings. The minimum absolute atomic E-state index is 0.0595. The number of imidazole rings is 1. The van der Waals surface area contributed by atoms with E-state index in [2.05, 4.69) is 40.4 Å². The van der Waals surface area contributed by atoms with Gasteiger partial charge in [0.15, 0.2) is 11.5 Å². The van der Waals surface area contributed by atoms with Crippen molar-refractivity contribution in [2.75, 3.05) is 5.32 Å². The molecule has 194 valence electrons. The minimum Gasteiger partial charge on any atom is -0.335 e. The Labute approximate surface area is 223 Å². The lowest BCUT2D eigenvalue weighted by Gasteiger charge is -2.08. The van der Waals surface area contributed by atoms with Gasteiger partial charge in [0.1, 0.15) is 11.5 Å². The first-order chi connectivity index (χ1) is 18.8. The summed E-state index contributed by atoms with van der Waals surface area (Å²) in [6.07, 6.45) is 7.10. The highest BCUT2D eigenvalue weighted by Gasteiger charge is 2.17. The summed E-state index contributed by atoms with van der Waals surface area (Å²) in [7, 11) is 0. The number of aromatic amines is 2. The second-order valence-electron chi connectivity index (χ2n) is 9.96. The van der Waals surface area contributed by atoms with Crippen LogP contribution in [0.25, 0.3) is 56.0 Å². The number of amides is 1. The molecule has 0 radical (unpaired) electrons. The van der Waals surface area contributed by atoms with E-state index in [1.807, 2.05) is 45.0 Å². The molecule has 10 heteroatoms. The highest BCUT2D eigenvalue weighted by Crippen LogP contribution is 2.32. The van der Waals surface area contributed by atoms with Crippen LogP contribution in [0.15, 0.2) is 61.2 Å². The topological polar surface area (TPSA) is 125 Å². The van der Waals surface area contributed by atoms with Gasteiger partial charge in [-0.2, -0.15) is 5.10 Å². The van der Waals surface area contributed by atoms with Gasteiger partial charge < -0.3 is 10.3 Å². The maximum atomic E-state index is 14.1. The van der Waals surface area contributed by atoms with Gasteiger partial charge in [-0.05, 0) is 54.3 Å². The van der Waals surface area contributed by atoms with Crippen molar-refractivity contribution in [1.29, 1.82) is 0 Å². The number of pyridine rings is 3. The number of aromatic nitrogens is 7. The van der Waals surface area contributed by atoms with Crippen molar-refractivity contribution in [3.05, 3.63) is 72.6 Å². The Bertz CT molecular complexity index is 1840. The number of carbonyl (C=O) groups excluding carboxylic acids is 1. The molecule has 0 bridgehead atoms. The summed E-state index contributed by atoms with van der Waals surface area (Å²) in [6.45, 7) is 5.85. The number of aryl methyl sites for hydroxylation is 1. The molecule has 0 aliphatic carbocycles. The maximum Gasteiger partial charge on any atom is 0.224 e. The molecule has 0 fully saturated rings. The molecule has 0 saturated carbocycles. The normalized spacial score (nSPS) is 11.5. The van der Waals surface area contributed by atoms with Gasteiger partial charge >= 0.3 is 0 Å².